The van der Waals surface area contributed by atoms with Crippen LogP contribution in [-0.4, -0.2) is 18.3 Å². The van der Waals surface area contributed by atoms with Gasteiger partial charge in [-0.05, 0) is 31.9 Å². The average molecular weight is 261 g/mol. The zero-order chi connectivity index (χ0) is 13.9. The molecule has 3 atom stereocenters. The van der Waals surface area contributed by atoms with Crippen LogP contribution in [-0.2, 0) is 4.74 Å². The molecule has 18 heavy (non-hydrogen) atoms. The topological polar surface area (TPSA) is 35.2 Å². The number of benzene rings is 1. The van der Waals surface area contributed by atoms with Crippen molar-refractivity contribution in [2.45, 2.75) is 45.2 Å². The number of rotatable bonds is 4. The standard InChI is InChI=1S/C13H18F3NO/c1-8-6-4-5-7-11(8)12(9(2)17)18-10(3)13(14,15)16/h4-7,9-10,12H,17H2,1-3H3. The number of alkyl halides is 3. The van der Waals surface area contributed by atoms with Crippen molar-refractivity contribution in [3.8, 4) is 0 Å². The Hall–Kier alpha value is -1.07. The first-order valence-electron chi connectivity index (χ1n) is 5.76. The lowest BCUT2D eigenvalue weighted by Crippen LogP contribution is -2.36. The van der Waals surface area contributed by atoms with Crippen molar-refractivity contribution in [2.24, 2.45) is 5.73 Å². The molecule has 0 spiro atoms. The summed E-state index contributed by atoms with van der Waals surface area (Å²) in [5, 5.41) is 0. The third-order valence-corrected chi connectivity index (χ3v) is 2.78. The number of nitrogens with two attached hydrogens (primary N) is 1. The van der Waals surface area contributed by atoms with Crippen molar-refractivity contribution >= 4 is 0 Å². The summed E-state index contributed by atoms with van der Waals surface area (Å²) in [5.41, 5.74) is 7.30. The molecule has 0 heterocycles. The van der Waals surface area contributed by atoms with Crippen LogP contribution in [0, 0.1) is 6.92 Å². The fraction of sp³-hybridized carbons (Fsp3) is 0.538. The van der Waals surface area contributed by atoms with Crippen LogP contribution < -0.4 is 5.73 Å². The maximum absolute atomic E-state index is 12.5. The van der Waals surface area contributed by atoms with Gasteiger partial charge in [-0.1, -0.05) is 24.3 Å². The van der Waals surface area contributed by atoms with Gasteiger partial charge in [-0.15, -0.1) is 0 Å². The zero-order valence-corrected chi connectivity index (χ0v) is 10.7. The lowest BCUT2D eigenvalue weighted by atomic mass is 9.99. The summed E-state index contributed by atoms with van der Waals surface area (Å²) < 4.78 is 42.7. The summed E-state index contributed by atoms with van der Waals surface area (Å²) in [6.45, 7) is 4.46. The first kappa shape index (κ1) is 15.0. The summed E-state index contributed by atoms with van der Waals surface area (Å²) in [4.78, 5) is 0. The van der Waals surface area contributed by atoms with E-state index >= 15 is 0 Å². The predicted molar refractivity (Wildman–Crippen MR) is 64.2 cm³/mol. The van der Waals surface area contributed by atoms with Crippen LogP contribution in [0.5, 0.6) is 0 Å². The van der Waals surface area contributed by atoms with Gasteiger partial charge in [-0.25, -0.2) is 0 Å². The van der Waals surface area contributed by atoms with E-state index in [0.717, 1.165) is 12.5 Å². The molecule has 0 aliphatic rings. The quantitative estimate of drug-likeness (QED) is 0.902. The molecule has 0 amide bonds. The second-order valence-corrected chi connectivity index (χ2v) is 4.46. The minimum atomic E-state index is -4.38. The lowest BCUT2D eigenvalue weighted by Gasteiger charge is -2.28. The van der Waals surface area contributed by atoms with Gasteiger partial charge in [0.2, 0.25) is 0 Å². The fourth-order valence-electron chi connectivity index (χ4n) is 1.68. The Bertz CT molecular complexity index is 390. The number of aryl methyl sites for hydroxylation is 1. The third-order valence-electron chi connectivity index (χ3n) is 2.78. The maximum Gasteiger partial charge on any atom is 0.414 e. The first-order chi connectivity index (χ1) is 8.23. The number of halogens is 3. The van der Waals surface area contributed by atoms with E-state index in [0.29, 0.717) is 5.56 Å². The van der Waals surface area contributed by atoms with E-state index in [2.05, 4.69) is 0 Å². The monoisotopic (exact) mass is 261 g/mol. The first-order valence-corrected chi connectivity index (χ1v) is 5.76. The van der Waals surface area contributed by atoms with Crippen molar-refractivity contribution in [1.82, 2.24) is 0 Å². The van der Waals surface area contributed by atoms with Crippen LogP contribution in [0.3, 0.4) is 0 Å². The maximum atomic E-state index is 12.5. The van der Waals surface area contributed by atoms with Crippen molar-refractivity contribution in [2.75, 3.05) is 0 Å². The zero-order valence-electron chi connectivity index (χ0n) is 10.7. The van der Waals surface area contributed by atoms with Gasteiger partial charge in [0.25, 0.3) is 0 Å². The second kappa shape index (κ2) is 5.71. The molecule has 1 aromatic carbocycles. The molecule has 102 valence electrons. The van der Waals surface area contributed by atoms with Crippen LogP contribution in [0.1, 0.15) is 31.1 Å². The highest BCUT2D eigenvalue weighted by Gasteiger charge is 2.39. The van der Waals surface area contributed by atoms with Crippen LogP contribution >= 0.6 is 0 Å². The normalized spacial score (nSPS) is 17.3. The second-order valence-electron chi connectivity index (χ2n) is 4.46. The van der Waals surface area contributed by atoms with E-state index < -0.39 is 24.4 Å². The van der Waals surface area contributed by atoms with E-state index in [-0.39, 0.29) is 0 Å². The van der Waals surface area contributed by atoms with Crippen LogP contribution in [0.25, 0.3) is 0 Å². The van der Waals surface area contributed by atoms with Crippen molar-refractivity contribution in [1.29, 1.82) is 0 Å². The molecule has 0 aliphatic carbocycles. The third kappa shape index (κ3) is 3.71. The van der Waals surface area contributed by atoms with E-state index in [1.165, 1.54) is 0 Å². The van der Waals surface area contributed by atoms with Gasteiger partial charge in [-0.2, -0.15) is 13.2 Å². The van der Waals surface area contributed by atoms with Crippen LogP contribution in [0.15, 0.2) is 24.3 Å². The lowest BCUT2D eigenvalue weighted by molar-refractivity contribution is -0.229. The van der Waals surface area contributed by atoms with Gasteiger partial charge in [-0.3, -0.25) is 0 Å². The molecular formula is C13H18F3NO. The van der Waals surface area contributed by atoms with Crippen LogP contribution in [0.2, 0.25) is 0 Å². The minimum absolute atomic E-state index is 0.518. The highest BCUT2D eigenvalue weighted by molar-refractivity contribution is 5.28. The molecule has 2 N–H and O–H groups in total. The van der Waals surface area contributed by atoms with Gasteiger partial charge in [0.05, 0.1) is 6.10 Å². The Kier molecular flexibility index (Phi) is 4.76. The molecule has 0 aliphatic heterocycles. The summed E-state index contributed by atoms with van der Waals surface area (Å²) in [5.74, 6) is 0. The smallest absolute Gasteiger partial charge is 0.360 e. The summed E-state index contributed by atoms with van der Waals surface area (Å²) in [7, 11) is 0. The molecule has 0 saturated heterocycles. The molecule has 0 bridgehead atoms. The molecule has 1 aromatic rings. The van der Waals surface area contributed by atoms with E-state index in [1.54, 1.807) is 19.1 Å². The Morgan fingerprint density at radius 2 is 1.72 bits per heavy atom. The summed E-state index contributed by atoms with van der Waals surface area (Å²) in [6, 6.07) is 6.64. The molecule has 0 radical (unpaired) electrons. The highest BCUT2D eigenvalue weighted by Crippen LogP contribution is 2.30. The van der Waals surface area contributed by atoms with E-state index in [1.807, 2.05) is 19.1 Å². The van der Waals surface area contributed by atoms with Crippen molar-refractivity contribution in [3.63, 3.8) is 0 Å². The van der Waals surface area contributed by atoms with Gasteiger partial charge in [0, 0.05) is 6.04 Å². The summed E-state index contributed by atoms with van der Waals surface area (Å²) in [6.07, 6.45) is -6.98. The number of hydrogen-bond acceptors (Lipinski definition) is 2. The van der Waals surface area contributed by atoms with E-state index in [9.17, 15) is 13.2 Å². The summed E-state index contributed by atoms with van der Waals surface area (Å²) >= 11 is 0. The van der Waals surface area contributed by atoms with Gasteiger partial charge < -0.3 is 10.5 Å². The molecular weight excluding hydrogens is 243 g/mol. The van der Waals surface area contributed by atoms with Gasteiger partial charge >= 0.3 is 6.18 Å². The Balaban J connectivity index is 2.95. The number of ether oxygens (including phenoxy) is 1. The minimum Gasteiger partial charge on any atom is -0.360 e. The molecule has 1 rings (SSSR count). The predicted octanol–water partition coefficient (Wildman–Crippen LogP) is 3.35. The Labute approximate surface area is 105 Å². The largest absolute Gasteiger partial charge is 0.414 e. The molecule has 2 nitrogen and oxygen atoms in total. The van der Waals surface area contributed by atoms with Gasteiger partial charge in [0.15, 0.2) is 6.10 Å². The fourth-order valence-corrected chi connectivity index (χ4v) is 1.68. The molecule has 3 unspecified atom stereocenters. The average Bonchev–Trinajstić information content (AvgIpc) is 2.25. The van der Waals surface area contributed by atoms with Crippen LogP contribution in [0.4, 0.5) is 13.2 Å². The molecule has 5 heteroatoms. The Morgan fingerprint density at radius 3 is 2.17 bits per heavy atom. The SMILES string of the molecule is Cc1ccccc1C(OC(C)C(F)(F)F)C(C)N. The molecule has 0 aromatic heterocycles. The molecule has 0 saturated carbocycles. The Morgan fingerprint density at radius 1 is 1.17 bits per heavy atom. The highest BCUT2D eigenvalue weighted by atomic mass is 19.4. The number of hydrogen-bond donors (Lipinski definition) is 1. The van der Waals surface area contributed by atoms with Gasteiger partial charge in [0.1, 0.15) is 0 Å². The van der Waals surface area contributed by atoms with Crippen molar-refractivity contribution < 1.29 is 17.9 Å². The van der Waals surface area contributed by atoms with Crippen molar-refractivity contribution in [3.05, 3.63) is 35.4 Å². The molecule has 0 fully saturated rings. The van der Waals surface area contributed by atoms with E-state index in [4.69, 9.17) is 10.5 Å².